The van der Waals surface area contributed by atoms with Crippen molar-refractivity contribution >= 4 is 14.0 Å². The summed E-state index contributed by atoms with van der Waals surface area (Å²) in [6, 6.07) is 4.62. The minimum Gasteiger partial charge on any atom is -0.465 e. The smallest absolute Gasteiger partial charge is 0.337 e. The number of carbonyl (C=O) groups is 1. The van der Waals surface area contributed by atoms with Gasteiger partial charge in [-0.3, -0.25) is 4.98 Å². The Bertz CT molecular complexity index is 797. The van der Waals surface area contributed by atoms with Gasteiger partial charge in [0.1, 0.15) is 12.6 Å². The van der Waals surface area contributed by atoms with E-state index in [-0.39, 0.29) is 5.97 Å². The second-order valence-electron chi connectivity index (χ2n) is 8.31. The van der Waals surface area contributed by atoms with Crippen LogP contribution in [0.15, 0.2) is 18.3 Å². The van der Waals surface area contributed by atoms with Gasteiger partial charge in [0.15, 0.2) is 0 Å². The van der Waals surface area contributed by atoms with E-state index in [1.807, 2.05) is 13.1 Å². The van der Waals surface area contributed by atoms with E-state index in [9.17, 15) is 4.79 Å². The van der Waals surface area contributed by atoms with Crippen LogP contribution < -0.4 is 0 Å². The standard InChI is InChI=1S/C21H33N3O3Si/c1-7-8-9-20-22-14-19(24(20)15-27-10-11-28(4,5)6)18-13-17(21(25)26-3)12-16(2)23-18/h12-14H,7-11,15H2,1-6H3. The Labute approximate surface area is 169 Å². The van der Waals surface area contributed by atoms with E-state index < -0.39 is 8.07 Å². The monoisotopic (exact) mass is 403 g/mol. The highest BCUT2D eigenvalue weighted by atomic mass is 28.3. The van der Waals surface area contributed by atoms with Crippen LogP contribution in [-0.4, -0.2) is 42.3 Å². The van der Waals surface area contributed by atoms with Gasteiger partial charge in [0, 0.05) is 26.8 Å². The molecule has 2 rings (SSSR count). The Morgan fingerprint density at radius 1 is 1.25 bits per heavy atom. The molecule has 0 bridgehead atoms. The number of rotatable bonds is 10. The van der Waals surface area contributed by atoms with Gasteiger partial charge >= 0.3 is 5.97 Å². The van der Waals surface area contributed by atoms with Crippen molar-refractivity contribution in [2.24, 2.45) is 0 Å². The average Bonchev–Trinajstić information content (AvgIpc) is 3.04. The van der Waals surface area contributed by atoms with Crippen LogP contribution in [0.25, 0.3) is 11.4 Å². The number of hydrogen-bond acceptors (Lipinski definition) is 5. The van der Waals surface area contributed by atoms with Crippen molar-refractivity contribution in [3.8, 4) is 11.4 Å². The molecule has 0 aromatic carbocycles. The molecule has 154 valence electrons. The highest BCUT2D eigenvalue weighted by molar-refractivity contribution is 6.76. The summed E-state index contributed by atoms with van der Waals surface area (Å²) in [5.74, 6) is 0.628. The van der Waals surface area contributed by atoms with Crippen molar-refractivity contribution in [2.45, 2.75) is 65.5 Å². The fourth-order valence-electron chi connectivity index (χ4n) is 2.87. The molecule has 0 aliphatic rings. The molecule has 0 saturated heterocycles. The summed E-state index contributed by atoms with van der Waals surface area (Å²) in [7, 11) is 0.249. The van der Waals surface area contributed by atoms with Crippen LogP contribution in [0.5, 0.6) is 0 Å². The highest BCUT2D eigenvalue weighted by Crippen LogP contribution is 2.23. The molecule has 2 aromatic heterocycles. The van der Waals surface area contributed by atoms with Crippen LogP contribution in [0.4, 0.5) is 0 Å². The zero-order valence-corrected chi connectivity index (χ0v) is 19.0. The summed E-state index contributed by atoms with van der Waals surface area (Å²) in [6.45, 7) is 12.3. The summed E-state index contributed by atoms with van der Waals surface area (Å²) in [5, 5.41) is 0. The van der Waals surface area contributed by atoms with Gasteiger partial charge < -0.3 is 14.0 Å². The fraction of sp³-hybridized carbons (Fsp3) is 0.571. The number of ether oxygens (including phenoxy) is 2. The van der Waals surface area contributed by atoms with Crippen LogP contribution in [-0.2, 0) is 22.6 Å². The van der Waals surface area contributed by atoms with Crippen molar-refractivity contribution in [1.82, 2.24) is 14.5 Å². The minimum absolute atomic E-state index is 0.365. The van der Waals surface area contributed by atoms with E-state index in [0.29, 0.717) is 18.0 Å². The molecule has 2 aromatic rings. The minimum atomic E-state index is -1.14. The number of imidazole rings is 1. The zero-order valence-electron chi connectivity index (χ0n) is 18.0. The Balaban J connectivity index is 2.31. The number of pyridine rings is 1. The topological polar surface area (TPSA) is 66.2 Å². The summed E-state index contributed by atoms with van der Waals surface area (Å²) < 4.78 is 13.0. The van der Waals surface area contributed by atoms with Gasteiger partial charge in [-0.1, -0.05) is 33.0 Å². The Morgan fingerprint density at radius 3 is 2.64 bits per heavy atom. The van der Waals surface area contributed by atoms with Crippen molar-refractivity contribution in [3.05, 3.63) is 35.4 Å². The number of hydrogen-bond donors (Lipinski definition) is 0. The quantitative estimate of drug-likeness (QED) is 0.327. The molecule has 28 heavy (non-hydrogen) atoms. The largest absolute Gasteiger partial charge is 0.465 e. The number of nitrogens with zero attached hydrogens (tertiary/aromatic N) is 3. The third-order valence-electron chi connectivity index (χ3n) is 4.55. The van der Waals surface area contributed by atoms with Crippen LogP contribution in [0.2, 0.25) is 25.7 Å². The number of aryl methyl sites for hydroxylation is 2. The molecule has 0 atom stereocenters. The maximum Gasteiger partial charge on any atom is 0.337 e. The average molecular weight is 404 g/mol. The van der Waals surface area contributed by atoms with E-state index in [1.165, 1.54) is 7.11 Å². The first-order chi connectivity index (χ1) is 13.2. The molecule has 6 nitrogen and oxygen atoms in total. The predicted octanol–water partition coefficient (Wildman–Crippen LogP) is 4.70. The third kappa shape index (κ3) is 6.27. The van der Waals surface area contributed by atoms with Crippen LogP contribution in [0.3, 0.4) is 0 Å². The number of esters is 1. The lowest BCUT2D eigenvalue weighted by Gasteiger charge is -2.17. The molecular formula is C21H33N3O3Si. The van der Waals surface area contributed by atoms with Crippen molar-refractivity contribution < 1.29 is 14.3 Å². The van der Waals surface area contributed by atoms with Crippen LogP contribution in [0, 0.1) is 6.92 Å². The molecule has 0 aliphatic heterocycles. The molecule has 0 aliphatic carbocycles. The Hall–Kier alpha value is -1.99. The summed E-state index contributed by atoms with van der Waals surface area (Å²) in [6.07, 6.45) is 4.90. The lowest BCUT2D eigenvalue weighted by molar-refractivity contribution is 0.0600. The second kappa shape index (κ2) is 9.98. The third-order valence-corrected chi connectivity index (χ3v) is 6.25. The van der Waals surface area contributed by atoms with Crippen LogP contribution >= 0.6 is 0 Å². The Morgan fingerprint density at radius 2 is 2.00 bits per heavy atom. The maximum absolute atomic E-state index is 12.0. The molecule has 2 heterocycles. The van der Waals surface area contributed by atoms with Crippen molar-refractivity contribution in [3.63, 3.8) is 0 Å². The van der Waals surface area contributed by atoms with Gasteiger partial charge in [-0.15, -0.1) is 0 Å². The first-order valence-electron chi connectivity index (χ1n) is 9.94. The molecule has 0 spiro atoms. The maximum atomic E-state index is 12.0. The Kier molecular flexibility index (Phi) is 7.95. The lowest BCUT2D eigenvalue weighted by Crippen LogP contribution is -2.22. The molecule has 0 N–H and O–H groups in total. The van der Waals surface area contributed by atoms with Gasteiger partial charge in [-0.2, -0.15) is 0 Å². The molecule has 7 heteroatoms. The van der Waals surface area contributed by atoms with E-state index in [4.69, 9.17) is 9.47 Å². The fourth-order valence-corrected chi connectivity index (χ4v) is 3.62. The first kappa shape index (κ1) is 22.3. The summed E-state index contributed by atoms with van der Waals surface area (Å²) >= 11 is 0. The lowest BCUT2D eigenvalue weighted by atomic mass is 10.1. The van der Waals surface area contributed by atoms with Gasteiger partial charge in [0.05, 0.1) is 30.3 Å². The molecule has 0 saturated carbocycles. The molecule has 0 fully saturated rings. The number of aromatic nitrogens is 3. The van der Waals surface area contributed by atoms with E-state index in [1.54, 1.807) is 12.1 Å². The van der Waals surface area contributed by atoms with Gasteiger partial charge in [-0.25, -0.2) is 9.78 Å². The van der Waals surface area contributed by atoms with Crippen LogP contribution in [0.1, 0.15) is 41.6 Å². The summed E-state index contributed by atoms with van der Waals surface area (Å²) in [4.78, 5) is 21.2. The van der Waals surface area contributed by atoms with E-state index >= 15 is 0 Å². The normalized spacial score (nSPS) is 11.6. The number of carbonyl (C=O) groups excluding carboxylic acids is 1. The first-order valence-corrected chi connectivity index (χ1v) is 13.7. The van der Waals surface area contributed by atoms with Gasteiger partial charge in [-0.05, 0) is 31.5 Å². The number of methoxy groups -OCH3 is 1. The van der Waals surface area contributed by atoms with Crippen molar-refractivity contribution in [2.75, 3.05) is 13.7 Å². The second-order valence-corrected chi connectivity index (χ2v) is 13.9. The molecular weight excluding hydrogens is 370 g/mol. The van der Waals surface area contributed by atoms with Gasteiger partial charge in [0.2, 0.25) is 0 Å². The molecule has 0 amide bonds. The molecule has 0 radical (unpaired) electrons. The van der Waals surface area contributed by atoms with E-state index in [2.05, 4.69) is 41.1 Å². The molecule has 0 unspecified atom stereocenters. The van der Waals surface area contributed by atoms with E-state index in [0.717, 1.165) is 49.1 Å². The van der Waals surface area contributed by atoms with Gasteiger partial charge in [0.25, 0.3) is 0 Å². The predicted molar refractivity (Wildman–Crippen MR) is 114 cm³/mol. The zero-order chi connectivity index (χ0) is 20.7. The van der Waals surface area contributed by atoms with Crippen molar-refractivity contribution in [1.29, 1.82) is 0 Å². The highest BCUT2D eigenvalue weighted by Gasteiger charge is 2.17. The number of unbranched alkanes of at least 4 members (excludes halogenated alkanes) is 1. The SMILES string of the molecule is CCCCc1ncc(-c2cc(C(=O)OC)cc(C)n2)n1COCC[Si](C)(C)C. The summed E-state index contributed by atoms with van der Waals surface area (Å²) in [5.41, 5.74) is 2.84.